The quantitative estimate of drug-likeness (QED) is 0.668. The molecule has 0 aliphatic carbocycles. The van der Waals surface area contributed by atoms with Crippen LogP contribution in [-0.2, 0) is 6.54 Å². The summed E-state index contributed by atoms with van der Waals surface area (Å²) >= 11 is 1.79. The molecule has 0 amide bonds. The van der Waals surface area contributed by atoms with Crippen LogP contribution in [0.5, 0.6) is 0 Å². The van der Waals surface area contributed by atoms with Crippen LogP contribution in [0.4, 0.5) is 5.69 Å². The van der Waals surface area contributed by atoms with E-state index in [2.05, 4.69) is 47.6 Å². The maximum atomic E-state index is 11.4. The van der Waals surface area contributed by atoms with Crippen molar-refractivity contribution in [2.24, 2.45) is 0 Å². The molecule has 1 heterocycles. The van der Waals surface area contributed by atoms with Crippen molar-refractivity contribution in [1.29, 1.82) is 0 Å². The molecule has 0 spiro atoms. The summed E-state index contributed by atoms with van der Waals surface area (Å²) in [5, 5.41) is 0. The highest BCUT2D eigenvalue weighted by Gasteiger charge is 2.20. The zero-order valence-electron chi connectivity index (χ0n) is 14.4. The first kappa shape index (κ1) is 17.1. The number of ketones is 1. The van der Waals surface area contributed by atoms with E-state index in [1.54, 1.807) is 23.6 Å². The number of nitrogens with zero attached hydrogens (tertiary/aromatic N) is 1. The minimum atomic E-state index is 0.128. The number of quaternary nitrogens is 1. The predicted octanol–water partition coefficient (Wildman–Crippen LogP) is 2.52. The Hall–Kier alpha value is -1.78. The van der Waals surface area contributed by atoms with E-state index in [4.69, 9.17) is 0 Å². The fourth-order valence-electron chi connectivity index (χ4n) is 3.20. The molecule has 3 nitrogen and oxygen atoms in total. The van der Waals surface area contributed by atoms with Crippen molar-refractivity contribution >= 4 is 23.2 Å². The summed E-state index contributed by atoms with van der Waals surface area (Å²) in [5.41, 5.74) is 3.43. The van der Waals surface area contributed by atoms with E-state index < -0.39 is 0 Å². The van der Waals surface area contributed by atoms with Crippen LogP contribution in [0.3, 0.4) is 0 Å². The lowest BCUT2D eigenvalue weighted by atomic mass is 10.1. The van der Waals surface area contributed by atoms with Gasteiger partial charge in [0.2, 0.25) is 0 Å². The van der Waals surface area contributed by atoms with Gasteiger partial charge in [-0.3, -0.25) is 4.79 Å². The summed E-state index contributed by atoms with van der Waals surface area (Å²) in [4.78, 5) is 16.8. The predicted molar refractivity (Wildman–Crippen MR) is 101 cm³/mol. The van der Waals surface area contributed by atoms with Crippen molar-refractivity contribution in [3.8, 4) is 0 Å². The average Bonchev–Trinajstić information content (AvgIpc) is 2.63. The molecule has 0 radical (unpaired) electrons. The van der Waals surface area contributed by atoms with Gasteiger partial charge in [-0.05, 0) is 49.6 Å². The Morgan fingerprint density at radius 3 is 2.21 bits per heavy atom. The summed E-state index contributed by atoms with van der Waals surface area (Å²) in [6.07, 6.45) is 2.11. The molecule has 4 heteroatoms. The second-order valence-electron chi connectivity index (χ2n) is 6.36. The number of hydrogen-bond acceptors (Lipinski definition) is 3. The molecule has 0 saturated carbocycles. The van der Waals surface area contributed by atoms with Crippen LogP contribution >= 0.6 is 11.8 Å². The number of nitrogens with one attached hydrogen (secondary N) is 1. The highest BCUT2D eigenvalue weighted by molar-refractivity contribution is 7.98. The number of thioether (sulfide) groups is 1. The second-order valence-corrected chi connectivity index (χ2v) is 7.24. The van der Waals surface area contributed by atoms with E-state index in [1.165, 1.54) is 16.1 Å². The summed E-state index contributed by atoms with van der Waals surface area (Å²) < 4.78 is 0. The summed E-state index contributed by atoms with van der Waals surface area (Å²) in [5.74, 6) is 0.128. The van der Waals surface area contributed by atoms with Crippen molar-refractivity contribution in [3.05, 3.63) is 59.7 Å². The first-order valence-electron chi connectivity index (χ1n) is 8.48. The van der Waals surface area contributed by atoms with Gasteiger partial charge in [0.15, 0.2) is 5.78 Å². The van der Waals surface area contributed by atoms with E-state index in [1.807, 2.05) is 12.1 Å². The number of anilines is 1. The lowest BCUT2D eigenvalue weighted by molar-refractivity contribution is -0.914. The average molecular weight is 342 g/mol. The van der Waals surface area contributed by atoms with Gasteiger partial charge >= 0.3 is 0 Å². The molecule has 1 fully saturated rings. The molecular weight excluding hydrogens is 316 g/mol. The van der Waals surface area contributed by atoms with Gasteiger partial charge in [0, 0.05) is 21.7 Å². The minimum Gasteiger partial charge on any atom is -0.360 e. The molecule has 0 bridgehead atoms. The van der Waals surface area contributed by atoms with E-state index in [-0.39, 0.29) is 5.78 Å². The Labute approximate surface area is 148 Å². The number of hydrogen-bond donors (Lipinski definition) is 1. The van der Waals surface area contributed by atoms with Crippen LogP contribution in [0.2, 0.25) is 0 Å². The number of carbonyl (C=O) groups excluding carboxylic acids is 1. The third-order valence-corrected chi connectivity index (χ3v) is 5.47. The van der Waals surface area contributed by atoms with Gasteiger partial charge in [-0.1, -0.05) is 12.1 Å². The topological polar surface area (TPSA) is 24.8 Å². The van der Waals surface area contributed by atoms with Gasteiger partial charge in [0.25, 0.3) is 0 Å². The first-order valence-corrected chi connectivity index (χ1v) is 9.70. The van der Waals surface area contributed by atoms with Crippen LogP contribution in [-0.4, -0.2) is 38.2 Å². The van der Waals surface area contributed by atoms with Gasteiger partial charge in [0.05, 0.1) is 26.2 Å². The maximum Gasteiger partial charge on any atom is 0.159 e. The zero-order chi connectivity index (χ0) is 16.9. The van der Waals surface area contributed by atoms with Gasteiger partial charge in [-0.15, -0.1) is 11.8 Å². The van der Waals surface area contributed by atoms with Gasteiger partial charge in [-0.2, -0.15) is 0 Å². The van der Waals surface area contributed by atoms with Gasteiger partial charge < -0.3 is 9.80 Å². The van der Waals surface area contributed by atoms with Crippen LogP contribution < -0.4 is 9.80 Å². The van der Waals surface area contributed by atoms with Crippen LogP contribution in [0.15, 0.2) is 53.4 Å². The SMILES string of the molecule is CSc1ccc(C[NH+]2CCN(c3ccc(C(C)=O)cc3)CC2)cc1. The van der Waals surface area contributed by atoms with Crippen LogP contribution in [0.1, 0.15) is 22.8 Å². The molecule has 2 aromatic carbocycles. The molecule has 3 rings (SSSR count). The number of Topliss-reactive ketones (excluding diaryl/α,β-unsaturated/α-hetero) is 1. The number of rotatable bonds is 5. The molecule has 0 aromatic heterocycles. The van der Waals surface area contributed by atoms with E-state index in [0.29, 0.717) is 0 Å². The molecule has 126 valence electrons. The first-order chi connectivity index (χ1) is 11.7. The normalized spacial score (nSPS) is 15.5. The molecule has 1 aliphatic rings. The lowest BCUT2D eigenvalue weighted by Gasteiger charge is -2.33. The Balaban J connectivity index is 1.54. The minimum absolute atomic E-state index is 0.128. The molecule has 24 heavy (non-hydrogen) atoms. The van der Waals surface area contributed by atoms with Crippen molar-refractivity contribution in [3.63, 3.8) is 0 Å². The van der Waals surface area contributed by atoms with Crippen molar-refractivity contribution in [2.75, 3.05) is 37.3 Å². The zero-order valence-corrected chi connectivity index (χ0v) is 15.2. The third kappa shape index (κ3) is 4.19. The smallest absolute Gasteiger partial charge is 0.159 e. The van der Waals surface area contributed by atoms with Crippen molar-refractivity contribution in [1.82, 2.24) is 0 Å². The number of benzene rings is 2. The second kappa shape index (κ2) is 7.86. The molecule has 1 N–H and O–H groups in total. The molecule has 1 aliphatic heterocycles. The highest BCUT2D eigenvalue weighted by Crippen LogP contribution is 2.16. The number of carbonyl (C=O) groups is 1. The largest absolute Gasteiger partial charge is 0.360 e. The molecule has 0 atom stereocenters. The Kier molecular flexibility index (Phi) is 5.59. The van der Waals surface area contributed by atoms with Crippen LogP contribution in [0.25, 0.3) is 0 Å². The third-order valence-electron chi connectivity index (χ3n) is 4.72. The van der Waals surface area contributed by atoms with E-state index >= 15 is 0 Å². The molecule has 2 aromatic rings. The summed E-state index contributed by atoms with van der Waals surface area (Å²) in [6, 6.07) is 17.0. The summed E-state index contributed by atoms with van der Waals surface area (Å²) in [6.45, 7) is 7.15. The lowest BCUT2D eigenvalue weighted by Crippen LogP contribution is -3.13. The van der Waals surface area contributed by atoms with Crippen molar-refractivity contribution in [2.45, 2.75) is 18.4 Å². The molecule has 0 unspecified atom stereocenters. The standard InChI is InChI=1S/C20H24N2OS/c1-16(23)18-5-7-19(8-6-18)22-13-11-21(12-14-22)15-17-3-9-20(24-2)10-4-17/h3-10H,11-15H2,1-2H3/p+1. The van der Waals surface area contributed by atoms with E-state index in [0.717, 1.165) is 38.3 Å². The maximum absolute atomic E-state index is 11.4. The van der Waals surface area contributed by atoms with Gasteiger partial charge in [-0.25, -0.2) is 0 Å². The summed E-state index contributed by atoms with van der Waals surface area (Å²) in [7, 11) is 0. The van der Waals surface area contributed by atoms with Crippen LogP contribution in [0, 0.1) is 0 Å². The Morgan fingerprint density at radius 1 is 1.04 bits per heavy atom. The van der Waals surface area contributed by atoms with Gasteiger partial charge in [0.1, 0.15) is 6.54 Å². The number of piperazine rings is 1. The molecular formula is C20H25N2OS+. The van der Waals surface area contributed by atoms with E-state index in [9.17, 15) is 4.79 Å². The Bertz CT molecular complexity index is 674. The Morgan fingerprint density at radius 2 is 1.67 bits per heavy atom. The highest BCUT2D eigenvalue weighted by atomic mass is 32.2. The fourth-order valence-corrected chi connectivity index (χ4v) is 3.61. The fraction of sp³-hybridized carbons (Fsp3) is 0.350. The monoisotopic (exact) mass is 341 g/mol. The van der Waals surface area contributed by atoms with Crippen molar-refractivity contribution < 1.29 is 9.69 Å². The molecule has 1 saturated heterocycles.